The summed E-state index contributed by atoms with van der Waals surface area (Å²) in [6, 6.07) is 18.1. The van der Waals surface area contributed by atoms with Crippen molar-refractivity contribution in [1.29, 1.82) is 0 Å². The minimum Gasteiger partial charge on any atom is -0.478 e. The van der Waals surface area contributed by atoms with Crippen LogP contribution in [0.3, 0.4) is 0 Å². The lowest BCUT2D eigenvalue weighted by atomic mass is 9.91. The Morgan fingerprint density at radius 2 is 1.94 bits per heavy atom. The molecule has 3 N–H and O–H groups in total. The standard InChI is InChI=1S/C27H24FN3O2/c28-23-15-18(13-14-20(23)17-7-2-1-3-8-17)21-11-6-12-24-25(21)26(31-30-24)29-16-19-9-4-5-10-22(19)27(32)33/h4-7,9-15H,1-3,8,16H2,(H,32,33)(H2,29,30,31). The van der Waals surface area contributed by atoms with Crippen LogP contribution in [-0.4, -0.2) is 21.3 Å². The van der Waals surface area contributed by atoms with Gasteiger partial charge in [-0.05, 0) is 66.1 Å². The number of anilines is 1. The van der Waals surface area contributed by atoms with Crippen molar-refractivity contribution in [2.24, 2.45) is 0 Å². The monoisotopic (exact) mass is 441 g/mol. The molecule has 0 unspecified atom stereocenters. The van der Waals surface area contributed by atoms with E-state index >= 15 is 4.39 Å². The van der Waals surface area contributed by atoms with Crippen LogP contribution >= 0.6 is 0 Å². The first kappa shape index (κ1) is 20.9. The number of carboxylic acids is 1. The molecule has 3 aromatic carbocycles. The number of H-pyrrole nitrogens is 1. The van der Waals surface area contributed by atoms with Crippen molar-refractivity contribution in [3.8, 4) is 11.1 Å². The van der Waals surface area contributed by atoms with Crippen molar-refractivity contribution in [3.05, 3.63) is 89.2 Å². The first-order valence-corrected chi connectivity index (χ1v) is 11.1. The van der Waals surface area contributed by atoms with E-state index in [1.165, 1.54) is 6.42 Å². The maximum Gasteiger partial charge on any atom is 0.336 e. The van der Waals surface area contributed by atoms with Gasteiger partial charge in [-0.1, -0.05) is 48.5 Å². The highest BCUT2D eigenvalue weighted by atomic mass is 19.1. The molecule has 4 aromatic rings. The number of aromatic amines is 1. The van der Waals surface area contributed by atoms with E-state index < -0.39 is 5.97 Å². The van der Waals surface area contributed by atoms with Crippen molar-refractivity contribution in [1.82, 2.24) is 10.2 Å². The van der Waals surface area contributed by atoms with Gasteiger partial charge in [-0.25, -0.2) is 9.18 Å². The molecular weight excluding hydrogens is 417 g/mol. The van der Waals surface area contributed by atoms with Gasteiger partial charge in [0, 0.05) is 12.1 Å². The lowest BCUT2D eigenvalue weighted by molar-refractivity contribution is 0.0696. The number of halogens is 1. The highest BCUT2D eigenvalue weighted by Crippen LogP contribution is 2.35. The van der Waals surface area contributed by atoms with Crippen LogP contribution in [0, 0.1) is 5.82 Å². The van der Waals surface area contributed by atoms with E-state index in [0.717, 1.165) is 46.9 Å². The molecule has 1 aromatic heterocycles. The minimum atomic E-state index is -0.969. The number of fused-ring (bicyclic) bond motifs is 1. The summed E-state index contributed by atoms with van der Waals surface area (Å²) in [5.74, 6) is -0.588. The Kier molecular flexibility index (Phi) is 5.65. The average molecular weight is 442 g/mol. The molecule has 1 aliphatic rings. The number of nitrogens with zero attached hydrogens (tertiary/aromatic N) is 1. The second-order valence-corrected chi connectivity index (χ2v) is 8.29. The molecule has 0 fully saturated rings. The lowest BCUT2D eigenvalue weighted by Crippen LogP contribution is -2.07. The Labute approximate surface area is 191 Å². The maximum atomic E-state index is 15.1. The molecule has 6 heteroatoms. The van der Waals surface area contributed by atoms with Crippen LogP contribution in [0.4, 0.5) is 10.2 Å². The van der Waals surface area contributed by atoms with E-state index in [4.69, 9.17) is 0 Å². The number of aromatic nitrogens is 2. The van der Waals surface area contributed by atoms with Crippen molar-refractivity contribution >= 4 is 28.3 Å². The van der Waals surface area contributed by atoms with Crippen LogP contribution in [0.15, 0.2) is 66.7 Å². The van der Waals surface area contributed by atoms with E-state index in [-0.39, 0.29) is 11.4 Å². The summed E-state index contributed by atoms with van der Waals surface area (Å²) in [5, 5.41) is 21.0. The summed E-state index contributed by atoms with van der Waals surface area (Å²) in [6.45, 7) is 0.304. The van der Waals surface area contributed by atoms with Gasteiger partial charge in [0.15, 0.2) is 5.82 Å². The summed E-state index contributed by atoms with van der Waals surface area (Å²) < 4.78 is 15.1. The van der Waals surface area contributed by atoms with E-state index in [9.17, 15) is 9.90 Å². The lowest BCUT2D eigenvalue weighted by Gasteiger charge is -2.15. The molecule has 0 atom stereocenters. The molecule has 1 aliphatic carbocycles. The van der Waals surface area contributed by atoms with E-state index in [1.54, 1.807) is 24.3 Å². The molecule has 0 saturated carbocycles. The number of nitrogens with one attached hydrogen (secondary N) is 2. The van der Waals surface area contributed by atoms with Crippen molar-refractivity contribution in [3.63, 3.8) is 0 Å². The Morgan fingerprint density at radius 3 is 2.73 bits per heavy atom. The van der Waals surface area contributed by atoms with Crippen LogP contribution < -0.4 is 5.32 Å². The van der Waals surface area contributed by atoms with Gasteiger partial charge in [0.25, 0.3) is 0 Å². The third-order valence-corrected chi connectivity index (χ3v) is 6.20. The average Bonchev–Trinajstić information content (AvgIpc) is 3.26. The number of aromatic carboxylic acids is 1. The van der Waals surface area contributed by atoms with Crippen LogP contribution in [0.25, 0.3) is 27.6 Å². The zero-order valence-corrected chi connectivity index (χ0v) is 18.1. The van der Waals surface area contributed by atoms with Crippen LogP contribution in [-0.2, 0) is 6.54 Å². The molecule has 5 nitrogen and oxygen atoms in total. The maximum absolute atomic E-state index is 15.1. The number of allylic oxidation sites excluding steroid dienone is 2. The molecule has 0 spiro atoms. The largest absolute Gasteiger partial charge is 0.478 e. The van der Waals surface area contributed by atoms with Crippen molar-refractivity contribution < 1.29 is 14.3 Å². The first-order valence-electron chi connectivity index (χ1n) is 11.1. The molecule has 5 rings (SSSR count). The van der Waals surface area contributed by atoms with Gasteiger partial charge in [0.1, 0.15) is 5.82 Å². The molecule has 0 radical (unpaired) electrons. The van der Waals surface area contributed by atoms with E-state index in [0.29, 0.717) is 23.5 Å². The fourth-order valence-electron chi connectivity index (χ4n) is 4.53. The highest BCUT2D eigenvalue weighted by molar-refractivity contribution is 6.02. The Hall–Kier alpha value is -3.93. The Morgan fingerprint density at radius 1 is 1.06 bits per heavy atom. The number of benzene rings is 3. The quantitative estimate of drug-likeness (QED) is 0.314. The van der Waals surface area contributed by atoms with E-state index in [1.807, 2.05) is 36.4 Å². The second kappa shape index (κ2) is 8.90. The van der Waals surface area contributed by atoms with Crippen LogP contribution in [0.1, 0.15) is 47.2 Å². The molecule has 1 heterocycles. The normalized spacial score (nSPS) is 13.7. The fraction of sp³-hybridized carbons (Fsp3) is 0.185. The minimum absolute atomic E-state index is 0.217. The first-order chi connectivity index (χ1) is 16.1. The van der Waals surface area contributed by atoms with E-state index in [2.05, 4.69) is 21.6 Å². The molecule has 0 bridgehead atoms. The van der Waals surface area contributed by atoms with Gasteiger partial charge < -0.3 is 10.4 Å². The third-order valence-electron chi connectivity index (χ3n) is 6.20. The number of hydrogen-bond acceptors (Lipinski definition) is 3. The van der Waals surface area contributed by atoms with Gasteiger partial charge in [-0.3, -0.25) is 5.10 Å². The zero-order valence-electron chi connectivity index (χ0n) is 18.1. The Balaban J connectivity index is 1.49. The second-order valence-electron chi connectivity index (χ2n) is 8.29. The smallest absolute Gasteiger partial charge is 0.336 e. The molecular formula is C27H24FN3O2. The number of carboxylic acid groups (broad SMARTS) is 1. The molecule has 0 aliphatic heterocycles. The third kappa shape index (κ3) is 4.12. The predicted octanol–water partition coefficient (Wildman–Crippen LogP) is 6.64. The summed E-state index contributed by atoms with van der Waals surface area (Å²) >= 11 is 0. The number of hydrogen-bond donors (Lipinski definition) is 3. The number of carbonyl (C=O) groups is 1. The van der Waals surface area contributed by atoms with Gasteiger partial charge in [-0.15, -0.1) is 0 Å². The summed E-state index contributed by atoms with van der Waals surface area (Å²) in [7, 11) is 0. The zero-order chi connectivity index (χ0) is 22.8. The van der Waals surface area contributed by atoms with Crippen molar-refractivity contribution in [2.45, 2.75) is 32.2 Å². The summed E-state index contributed by atoms with van der Waals surface area (Å²) in [6.07, 6.45) is 6.33. The topological polar surface area (TPSA) is 78.0 Å². The van der Waals surface area contributed by atoms with Gasteiger partial charge in [0.2, 0.25) is 0 Å². The van der Waals surface area contributed by atoms with Gasteiger partial charge in [-0.2, -0.15) is 5.10 Å². The SMILES string of the molecule is O=C(O)c1ccccc1CNc1n[nH]c2cccc(-c3ccc(C4=CCCCC4)c(F)c3)c12. The molecule has 166 valence electrons. The molecule has 0 amide bonds. The molecule has 0 saturated heterocycles. The van der Waals surface area contributed by atoms with Crippen LogP contribution in [0.5, 0.6) is 0 Å². The van der Waals surface area contributed by atoms with Gasteiger partial charge in [0.05, 0.1) is 16.5 Å². The van der Waals surface area contributed by atoms with Gasteiger partial charge >= 0.3 is 5.97 Å². The predicted molar refractivity (Wildman–Crippen MR) is 129 cm³/mol. The number of rotatable bonds is 6. The van der Waals surface area contributed by atoms with Crippen molar-refractivity contribution in [2.75, 3.05) is 5.32 Å². The summed E-state index contributed by atoms with van der Waals surface area (Å²) in [4.78, 5) is 11.5. The molecule has 33 heavy (non-hydrogen) atoms. The van der Waals surface area contributed by atoms with Crippen LogP contribution in [0.2, 0.25) is 0 Å². The Bertz CT molecular complexity index is 1370. The highest BCUT2D eigenvalue weighted by Gasteiger charge is 2.16. The summed E-state index contributed by atoms with van der Waals surface area (Å²) in [5.41, 5.74) is 5.13. The fourth-order valence-corrected chi connectivity index (χ4v) is 4.53.